The molecule has 4 heteroatoms. The Labute approximate surface area is 188 Å². The molecule has 2 aliphatic rings. The molecule has 162 valence electrons. The van der Waals surface area contributed by atoms with E-state index in [1.807, 2.05) is 36.4 Å². The van der Waals surface area contributed by atoms with E-state index in [4.69, 9.17) is 9.47 Å². The van der Waals surface area contributed by atoms with Crippen molar-refractivity contribution in [1.82, 2.24) is 0 Å². The minimum atomic E-state index is -0.457. The Morgan fingerprint density at radius 1 is 0.562 bits per heavy atom. The molecule has 4 atom stereocenters. The molecule has 1 fully saturated rings. The van der Waals surface area contributed by atoms with E-state index in [2.05, 4.69) is 24.3 Å². The van der Waals surface area contributed by atoms with Crippen molar-refractivity contribution in [2.24, 2.45) is 11.8 Å². The molecule has 0 N–H and O–H groups in total. The third kappa shape index (κ3) is 4.31. The Kier molecular flexibility index (Phi) is 5.76. The molecular formula is C28H26O4. The van der Waals surface area contributed by atoms with Crippen LogP contribution < -0.4 is 0 Å². The van der Waals surface area contributed by atoms with Crippen molar-refractivity contribution in [1.29, 1.82) is 0 Å². The number of carbonyl (C=O) groups excluding carboxylic acids is 2. The average molecular weight is 427 g/mol. The van der Waals surface area contributed by atoms with Crippen LogP contribution in [-0.2, 0) is 22.3 Å². The third-order valence-electron chi connectivity index (χ3n) is 6.77. The highest BCUT2D eigenvalue weighted by Gasteiger charge is 2.43. The topological polar surface area (TPSA) is 52.6 Å². The van der Waals surface area contributed by atoms with Gasteiger partial charge in [-0.3, -0.25) is 0 Å². The van der Waals surface area contributed by atoms with E-state index >= 15 is 0 Å². The van der Waals surface area contributed by atoms with Crippen molar-refractivity contribution in [2.45, 2.75) is 37.9 Å². The maximum atomic E-state index is 12.8. The molecule has 0 aromatic heterocycles. The van der Waals surface area contributed by atoms with Crippen LogP contribution in [0.15, 0.2) is 84.9 Å². The lowest BCUT2D eigenvalue weighted by Gasteiger charge is -2.43. The molecule has 1 saturated carbocycles. The van der Waals surface area contributed by atoms with Gasteiger partial charge >= 0.3 is 11.9 Å². The van der Waals surface area contributed by atoms with Crippen LogP contribution in [0.4, 0.5) is 0 Å². The van der Waals surface area contributed by atoms with Crippen LogP contribution in [0, 0.1) is 11.8 Å². The van der Waals surface area contributed by atoms with Crippen molar-refractivity contribution < 1.29 is 19.1 Å². The molecule has 0 radical (unpaired) electrons. The molecule has 3 aromatic carbocycles. The third-order valence-corrected chi connectivity index (χ3v) is 6.77. The molecule has 0 heterocycles. The second kappa shape index (κ2) is 8.99. The first kappa shape index (κ1) is 20.5. The smallest absolute Gasteiger partial charge is 0.338 e. The summed E-state index contributed by atoms with van der Waals surface area (Å²) >= 11 is 0. The first-order chi connectivity index (χ1) is 15.7. The van der Waals surface area contributed by atoms with Gasteiger partial charge in [0.15, 0.2) is 0 Å². The summed E-state index contributed by atoms with van der Waals surface area (Å²) in [5, 5.41) is 0. The van der Waals surface area contributed by atoms with Crippen molar-refractivity contribution in [3.05, 3.63) is 107 Å². The van der Waals surface area contributed by atoms with Crippen LogP contribution >= 0.6 is 0 Å². The molecular weight excluding hydrogens is 400 g/mol. The molecule has 0 amide bonds. The van der Waals surface area contributed by atoms with Gasteiger partial charge in [0, 0.05) is 0 Å². The second-order valence-corrected chi connectivity index (χ2v) is 8.79. The summed E-state index contributed by atoms with van der Waals surface area (Å²) in [6.45, 7) is 0. The summed E-state index contributed by atoms with van der Waals surface area (Å²) in [7, 11) is 0. The van der Waals surface area contributed by atoms with E-state index in [-0.39, 0.29) is 11.9 Å². The molecule has 2 aliphatic carbocycles. The summed E-state index contributed by atoms with van der Waals surface area (Å²) in [5.74, 6) is 0.0762. The van der Waals surface area contributed by atoms with Gasteiger partial charge in [-0.15, -0.1) is 0 Å². The van der Waals surface area contributed by atoms with Crippen LogP contribution in [0.25, 0.3) is 0 Å². The minimum absolute atomic E-state index is 0.369. The molecule has 0 aliphatic heterocycles. The van der Waals surface area contributed by atoms with E-state index in [1.165, 1.54) is 11.1 Å². The summed E-state index contributed by atoms with van der Waals surface area (Å²) < 4.78 is 11.9. The highest BCUT2D eigenvalue weighted by atomic mass is 16.6. The summed E-state index contributed by atoms with van der Waals surface area (Å²) in [4.78, 5) is 25.6. The molecule has 32 heavy (non-hydrogen) atoms. The second-order valence-electron chi connectivity index (χ2n) is 8.79. The van der Waals surface area contributed by atoms with Crippen LogP contribution in [-0.4, -0.2) is 24.1 Å². The number of fused-ring (bicyclic) bond motifs is 2. The first-order valence-corrected chi connectivity index (χ1v) is 11.3. The standard InChI is InChI=1S/C28H26O4/c29-27(19-9-3-1-4-10-19)31-25-17-23-15-21-13-7-8-14-22(21)16-24(23)18-26(25)32-28(30)20-11-5-2-6-12-20/h1-14,23-26H,15-18H2. The van der Waals surface area contributed by atoms with Gasteiger partial charge in [-0.1, -0.05) is 60.7 Å². The highest BCUT2D eigenvalue weighted by molar-refractivity contribution is 5.90. The normalized spacial score (nSPS) is 24.0. The maximum absolute atomic E-state index is 12.8. The Morgan fingerprint density at radius 3 is 1.34 bits per heavy atom. The van der Waals surface area contributed by atoms with Crippen molar-refractivity contribution in [2.75, 3.05) is 0 Å². The largest absolute Gasteiger partial charge is 0.455 e. The van der Waals surface area contributed by atoms with E-state index in [0.29, 0.717) is 35.8 Å². The van der Waals surface area contributed by atoms with Gasteiger partial charge in [0.1, 0.15) is 12.2 Å². The highest BCUT2D eigenvalue weighted by Crippen LogP contribution is 2.42. The number of rotatable bonds is 4. The summed E-state index contributed by atoms with van der Waals surface area (Å²) in [6, 6.07) is 26.5. The number of carbonyl (C=O) groups is 2. The predicted octanol–water partition coefficient (Wildman–Crippen LogP) is 5.26. The Hall–Kier alpha value is -3.40. The Balaban J connectivity index is 1.38. The fourth-order valence-corrected chi connectivity index (χ4v) is 5.11. The number of hydrogen-bond donors (Lipinski definition) is 0. The predicted molar refractivity (Wildman–Crippen MR) is 121 cm³/mol. The van der Waals surface area contributed by atoms with Crippen LogP contribution in [0.2, 0.25) is 0 Å². The average Bonchev–Trinajstić information content (AvgIpc) is 2.84. The quantitative estimate of drug-likeness (QED) is 0.534. The summed E-state index contributed by atoms with van der Waals surface area (Å²) in [5.41, 5.74) is 3.77. The van der Waals surface area contributed by atoms with E-state index < -0.39 is 12.2 Å². The zero-order valence-electron chi connectivity index (χ0n) is 17.9. The zero-order chi connectivity index (χ0) is 21.9. The van der Waals surface area contributed by atoms with E-state index in [0.717, 1.165) is 12.8 Å². The van der Waals surface area contributed by atoms with Gasteiger partial charge in [0.25, 0.3) is 0 Å². The molecule has 5 rings (SSSR count). The lowest BCUT2D eigenvalue weighted by atomic mass is 9.67. The minimum Gasteiger partial charge on any atom is -0.455 e. The zero-order valence-corrected chi connectivity index (χ0v) is 17.9. The van der Waals surface area contributed by atoms with Crippen LogP contribution in [0.5, 0.6) is 0 Å². The monoisotopic (exact) mass is 426 g/mol. The number of ether oxygens (including phenoxy) is 2. The molecule has 0 spiro atoms. The Bertz CT molecular complexity index is 1000. The SMILES string of the molecule is O=C(OC1CC2Cc3ccccc3CC2CC1OC(=O)c1ccccc1)c1ccccc1. The van der Waals surface area contributed by atoms with E-state index in [9.17, 15) is 9.59 Å². The lowest BCUT2D eigenvalue weighted by molar-refractivity contribution is -0.0758. The summed E-state index contributed by atoms with van der Waals surface area (Å²) in [6.07, 6.45) is 2.43. The van der Waals surface area contributed by atoms with Crippen molar-refractivity contribution in [3.63, 3.8) is 0 Å². The van der Waals surface area contributed by atoms with Gasteiger partial charge in [-0.2, -0.15) is 0 Å². The maximum Gasteiger partial charge on any atom is 0.338 e. The number of benzene rings is 3. The van der Waals surface area contributed by atoms with E-state index in [1.54, 1.807) is 24.3 Å². The van der Waals surface area contributed by atoms with Gasteiger partial charge in [-0.05, 0) is 72.9 Å². The van der Waals surface area contributed by atoms with Crippen LogP contribution in [0.3, 0.4) is 0 Å². The molecule has 0 bridgehead atoms. The Morgan fingerprint density at radius 2 is 0.938 bits per heavy atom. The van der Waals surface area contributed by atoms with Crippen molar-refractivity contribution in [3.8, 4) is 0 Å². The van der Waals surface area contributed by atoms with Gasteiger partial charge in [-0.25, -0.2) is 9.59 Å². The fourth-order valence-electron chi connectivity index (χ4n) is 5.11. The van der Waals surface area contributed by atoms with Crippen LogP contribution in [0.1, 0.15) is 44.7 Å². The van der Waals surface area contributed by atoms with Gasteiger partial charge in [0.2, 0.25) is 0 Å². The fraction of sp³-hybridized carbons (Fsp3) is 0.286. The number of esters is 2. The molecule has 4 nitrogen and oxygen atoms in total. The van der Waals surface area contributed by atoms with Crippen molar-refractivity contribution >= 4 is 11.9 Å². The molecule has 3 aromatic rings. The first-order valence-electron chi connectivity index (χ1n) is 11.3. The molecule has 0 saturated heterocycles. The number of hydrogen-bond acceptors (Lipinski definition) is 4. The molecule has 4 unspecified atom stereocenters. The van der Waals surface area contributed by atoms with Gasteiger partial charge < -0.3 is 9.47 Å². The van der Waals surface area contributed by atoms with Gasteiger partial charge in [0.05, 0.1) is 11.1 Å². The lowest BCUT2D eigenvalue weighted by Crippen LogP contribution is -2.46.